The number of carbonyl (C=O) groups excluding carboxylic acids is 2. The Morgan fingerprint density at radius 3 is 2.82 bits per heavy atom. The van der Waals surface area contributed by atoms with Gasteiger partial charge in [0.15, 0.2) is 11.5 Å². The Kier molecular flexibility index (Phi) is 6.86. The number of hydrogen-bond donors (Lipinski definition) is 2. The number of carbonyl (C=O) groups is 2. The van der Waals surface area contributed by atoms with Gasteiger partial charge in [-0.05, 0) is 12.1 Å². The van der Waals surface area contributed by atoms with Crippen molar-refractivity contribution in [1.82, 2.24) is 10.2 Å². The van der Waals surface area contributed by atoms with Crippen molar-refractivity contribution < 1.29 is 24.2 Å². The van der Waals surface area contributed by atoms with E-state index in [0.29, 0.717) is 37.8 Å². The van der Waals surface area contributed by atoms with Gasteiger partial charge in [-0.1, -0.05) is 36.1 Å². The highest BCUT2D eigenvalue weighted by Gasteiger charge is 2.35. The molecule has 3 rings (SSSR count). The molecule has 0 spiro atoms. The van der Waals surface area contributed by atoms with Crippen molar-refractivity contribution in [2.75, 3.05) is 32.3 Å². The van der Waals surface area contributed by atoms with Crippen molar-refractivity contribution >= 4 is 58.0 Å². The molecule has 2 amide bonds. The number of para-hydroxylation sites is 1. The van der Waals surface area contributed by atoms with Gasteiger partial charge in [-0.3, -0.25) is 14.5 Å². The van der Waals surface area contributed by atoms with Crippen LogP contribution in [0.25, 0.3) is 6.08 Å². The van der Waals surface area contributed by atoms with Crippen molar-refractivity contribution in [3.63, 3.8) is 0 Å². The van der Waals surface area contributed by atoms with Gasteiger partial charge in [-0.15, -0.1) is 0 Å². The first kappa shape index (κ1) is 21.0. The molecule has 28 heavy (non-hydrogen) atoms. The van der Waals surface area contributed by atoms with Crippen LogP contribution in [0.15, 0.2) is 23.1 Å². The lowest BCUT2D eigenvalue weighted by Crippen LogP contribution is -2.47. The zero-order chi connectivity index (χ0) is 20.3. The van der Waals surface area contributed by atoms with Crippen LogP contribution in [0.2, 0.25) is 0 Å². The van der Waals surface area contributed by atoms with Gasteiger partial charge in [-0.25, -0.2) is 0 Å². The molecule has 2 fully saturated rings. The molecule has 2 atom stereocenters. The number of aliphatic hydroxyl groups excluding tert-OH is 1. The van der Waals surface area contributed by atoms with Crippen LogP contribution in [-0.2, 0) is 9.59 Å². The van der Waals surface area contributed by atoms with E-state index in [0.717, 1.165) is 11.8 Å². The first-order valence-electron chi connectivity index (χ1n) is 8.46. The molecule has 2 aliphatic rings. The van der Waals surface area contributed by atoms with Crippen molar-refractivity contribution in [3.8, 4) is 11.5 Å². The molecular weight excluding hydrogens is 420 g/mol. The fraction of sp³-hybridized carbons (Fsp3) is 0.389. The normalized spacial score (nSPS) is 23.4. The highest BCUT2D eigenvalue weighted by atomic mass is 32.2. The third kappa shape index (κ3) is 4.45. The van der Waals surface area contributed by atoms with Gasteiger partial charge in [0, 0.05) is 17.1 Å². The minimum atomic E-state index is -0.569. The number of ether oxygens (including phenoxy) is 2. The summed E-state index contributed by atoms with van der Waals surface area (Å²) >= 11 is 7.99. The summed E-state index contributed by atoms with van der Waals surface area (Å²) < 4.78 is 11.0. The number of nitrogens with zero attached hydrogens (tertiary/aromatic N) is 1. The number of amides is 2. The zero-order valence-corrected chi connectivity index (χ0v) is 17.8. The number of hydrogen-bond acceptors (Lipinski definition) is 8. The Balaban J connectivity index is 1.73. The molecule has 0 aromatic heterocycles. The van der Waals surface area contributed by atoms with E-state index in [9.17, 15) is 14.7 Å². The quantitative estimate of drug-likeness (QED) is 0.508. The summed E-state index contributed by atoms with van der Waals surface area (Å²) in [5.74, 6) is 1.64. The van der Waals surface area contributed by atoms with Gasteiger partial charge in [0.05, 0.1) is 31.3 Å². The molecule has 1 aromatic rings. The van der Waals surface area contributed by atoms with Crippen LogP contribution in [0.5, 0.6) is 11.5 Å². The number of thioether (sulfide) groups is 2. The van der Waals surface area contributed by atoms with E-state index >= 15 is 0 Å². The number of nitrogens with one attached hydrogen (secondary N) is 1. The Labute approximate surface area is 176 Å². The predicted molar refractivity (Wildman–Crippen MR) is 115 cm³/mol. The monoisotopic (exact) mass is 440 g/mol. The molecule has 0 saturated carbocycles. The van der Waals surface area contributed by atoms with Crippen LogP contribution >= 0.6 is 35.7 Å². The molecule has 2 heterocycles. The number of methoxy groups -OCH3 is 2. The van der Waals surface area contributed by atoms with Crippen molar-refractivity contribution in [2.45, 2.75) is 12.1 Å². The smallest absolute Gasteiger partial charge is 0.266 e. The number of thiocarbonyl (C=S) groups is 1. The van der Waals surface area contributed by atoms with Crippen LogP contribution in [0.3, 0.4) is 0 Å². The van der Waals surface area contributed by atoms with Crippen LogP contribution in [-0.4, -0.2) is 70.6 Å². The molecule has 2 N–H and O–H groups in total. The number of aliphatic hydroxyl groups is 1. The molecule has 0 radical (unpaired) electrons. The molecule has 0 unspecified atom stereocenters. The van der Waals surface area contributed by atoms with E-state index in [1.165, 1.54) is 12.0 Å². The number of benzene rings is 1. The maximum atomic E-state index is 12.8. The van der Waals surface area contributed by atoms with Gasteiger partial charge < -0.3 is 19.9 Å². The summed E-state index contributed by atoms with van der Waals surface area (Å²) in [4.78, 5) is 26.7. The van der Waals surface area contributed by atoms with Gasteiger partial charge >= 0.3 is 0 Å². The molecule has 0 bridgehead atoms. The highest BCUT2D eigenvalue weighted by Crippen LogP contribution is 2.37. The average molecular weight is 441 g/mol. The second-order valence-corrected chi connectivity index (χ2v) is 8.88. The van der Waals surface area contributed by atoms with Crippen LogP contribution in [0.4, 0.5) is 0 Å². The third-order valence-corrected chi connectivity index (χ3v) is 6.84. The fourth-order valence-corrected chi connectivity index (χ4v) is 5.30. The summed E-state index contributed by atoms with van der Waals surface area (Å²) in [7, 11) is 3.07. The predicted octanol–water partition coefficient (Wildman–Crippen LogP) is 1.50. The first-order chi connectivity index (χ1) is 13.4. The summed E-state index contributed by atoms with van der Waals surface area (Å²) in [6.45, 7) is -0.175. The summed E-state index contributed by atoms with van der Waals surface area (Å²) in [6, 6.07) is 5.07. The molecule has 2 aliphatic heterocycles. The van der Waals surface area contributed by atoms with E-state index in [1.54, 1.807) is 43.1 Å². The van der Waals surface area contributed by atoms with Gasteiger partial charge in [0.25, 0.3) is 5.91 Å². The molecule has 2 saturated heterocycles. The Bertz CT molecular complexity index is 829. The minimum Gasteiger partial charge on any atom is -0.493 e. The second kappa shape index (κ2) is 9.17. The lowest BCUT2D eigenvalue weighted by Gasteiger charge is -2.18. The van der Waals surface area contributed by atoms with E-state index in [1.807, 2.05) is 0 Å². The van der Waals surface area contributed by atoms with Crippen LogP contribution in [0, 0.1) is 0 Å². The van der Waals surface area contributed by atoms with Crippen molar-refractivity contribution in [1.29, 1.82) is 0 Å². The minimum absolute atomic E-state index is 0.175. The fourth-order valence-electron chi connectivity index (χ4n) is 2.88. The third-order valence-electron chi connectivity index (χ3n) is 4.29. The van der Waals surface area contributed by atoms with Crippen molar-refractivity contribution in [2.24, 2.45) is 0 Å². The molecular formula is C18H20N2O5S3. The zero-order valence-electron chi connectivity index (χ0n) is 15.3. The summed E-state index contributed by atoms with van der Waals surface area (Å²) in [6.07, 6.45) is 1.11. The molecule has 1 aromatic carbocycles. The maximum absolute atomic E-state index is 12.8. The standard InChI is InChI=1S/C18H20N2O5S3/c1-24-13-5-3-4-10(16(13)25-2)6-14-17(23)20(18(26)28-14)7-15(22)19-11-8-27-9-12(11)21/h3-6,11-12,21H,7-9H2,1-2H3,(H,19,22)/t11-,12+/m1/s1. The van der Waals surface area contributed by atoms with E-state index in [2.05, 4.69) is 5.32 Å². The molecule has 150 valence electrons. The van der Waals surface area contributed by atoms with Gasteiger partial charge in [-0.2, -0.15) is 11.8 Å². The Morgan fingerprint density at radius 1 is 1.39 bits per heavy atom. The van der Waals surface area contributed by atoms with E-state index in [4.69, 9.17) is 21.7 Å². The largest absolute Gasteiger partial charge is 0.493 e. The Morgan fingerprint density at radius 2 is 2.18 bits per heavy atom. The highest BCUT2D eigenvalue weighted by molar-refractivity contribution is 8.26. The molecule has 7 nitrogen and oxygen atoms in total. The lowest BCUT2D eigenvalue weighted by atomic mass is 10.1. The van der Waals surface area contributed by atoms with Crippen LogP contribution in [0.1, 0.15) is 5.56 Å². The number of rotatable bonds is 6. The Hall–Kier alpha value is -1.75. The SMILES string of the molecule is COc1cccc(C=C2SC(=S)N(CC(=O)N[C@@H]3CSC[C@@H]3O)C2=O)c1OC. The summed E-state index contributed by atoms with van der Waals surface area (Å²) in [5.41, 5.74) is 0.679. The first-order valence-corrected chi connectivity index (χ1v) is 10.8. The van der Waals surface area contributed by atoms with Crippen LogP contribution < -0.4 is 14.8 Å². The van der Waals surface area contributed by atoms with Gasteiger partial charge in [0.2, 0.25) is 5.91 Å². The average Bonchev–Trinajstić information content (AvgIpc) is 3.19. The molecule has 10 heteroatoms. The van der Waals surface area contributed by atoms with Crippen molar-refractivity contribution in [3.05, 3.63) is 28.7 Å². The van der Waals surface area contributed by atoms with E-state index < -0.39 is 6.10 Å². The maximum Gasteiger partial charge on any atom is 0.266 e. The van der Waals surface area contributed by atoms with E-state index in [-0.39, 0.29) is 24.4 Å². The topological polar surface area (TPSA) is 88.1 Å². The molecule has 0 aliphatic carbocycles. The second-order valence-electron chi connectivity index (χ2n) is 6.13. The van der Waals surface area contributed by atoms with Gasteiger partial charge in [0.1, 0.15) is 10.9 Å². The lowest BCUT2D eigenvalue weighted by molar-refractivity contribution is -0.129. The summed E-state index contributed by atoms with van der Waals surface area (Å²) in [5, 5.41) is 12.6.